The summed E-state index contributed by atoms with van der Waals surface area (Å²) in [6, 6.07) is 5.86. The van der Waals surface area contributed by atoms with Gasteiger partial charge in [-0.05, 0) is 23.8 Å². The summed E-state index contributed by atoms with van der Waals surface area (Å²) < 4.78 is 0. The third kappa shape index (κ3) is 6.74. The van der Waals surface area contributed by atoms with Crippen LogP contribution in [-0.2, 0) is 16.1 Å². The van der Waals surface area contributed by atoms with E-state index in [0.29, 0.717) is 13.1 Å². The molecule has 1 aromatic carbocycles. The lowest BCUT2D eigenvalue weighted by Crippen LogP contribution is -3.06. The number of quaternary nitrogens is 1. The fourth-order valence-corrected chi connectivity index (χ4v) is 2.42. The SMILES string of the molecule is CC(=O)N(CC[NH+](C)C)Cc1cc(NC(=O)C(C)C)ccc1N(C)C. The van der Waals surface area contributed by atoms with Gasteiger partial charge in [-0.25, -0.2) is 0 Å². The standard InChI is InChI=1S/C19H32N4O2/c1-14(2)19(25)20-17-8-9-18(22(6)7)16(12-17)13-23(15(3)24)11-10-21(4)5/h8-9,12,14H,10-11,13H2,1-7H3,(H,20,25)/p+1. The van der Waals surface area contributed by atoms with Crippen LogP contribution in [0.3, 0.4) is 0 Å². The van der Waals surface area contributed by atoms with E-state index < -0.39 is 0 Å². The number of rotatable bonds is 8. The Kier molecular flexibility index (Phi) is 7.90. The van der Waals surface area contributed by atoms with Crippen molar-refractivity contribution in [1.29, 1.82) is 0 Å². The number of nitrogens with zero attached hydrogens (tertiary/aromatic N) is 2. The van der Waals surface area contributed by atoms with Crippen LogP contribution >= 0.6 is 0 Å². The van der Waals surface area contributed by atoms with E-state index in [1.54, 1.807) is 6.92 Å². The quantitative estimate of drug-likeness (QED) is 0.731. The lowest BCUT2D eigenvalue weighted by Gasteiger charge is -2.25. The molecule has 2 N–H and O–H groups in total. The molecule has 25 heavy (non-hydrogen) atoms. The van der Waals surface area contributed by atoms with Crippen molar-refractivity contribution in [2.45, 2.75) is 27.3 Å². The van der Waals surface area contributed by atoms with E-state index in [1.807, 2.05) is 55.9 Å². The van der Waals surface area contributed by atoms with E-state index in [2.05, 4.69) is 19.4 Å². The molecule has 1 rings (SSSR count). The van der Waals surface area contributed by atoms with Gasteiger partial charge in [0.05, 0.1) is 27.2 Å². The molecule has 0 saturated carbocycles. The van der Waals surface area contributed by atoms with Gasteiger partial charge in [0.1, 0.15) is 0 Å². The van der Waals surface area contributed by atoms with E-state index in [9.17, 15) is 9.59 Å². The van der Waals surface area contributed by atoms with Gasteiger partial charge in [-0.15, -0.1) is 0 Å². The summed E-state index contributed by atoms with van der Waals surface area (Å²) in [7, 11) is 8.11. The smallest absolute Gasteiger partial charge is 0.226 e. The Morgan fingerprint density at radius 2 is 1.84 bits per heavy atom. The van der Waals surface area contributed by atoms with Crippen LogP contribution in [0, 0.1) is 5.92 Å². The average Bonchev–Trinajstić information content (AvgIpc) is 2.50. The minimum atomic E-state index is -0.0752. The zero-order chi connectivity index (χ0) is 19.1. The third-order valence-corrected chi connectivity index (χ3v) is 4.04. The van der Waals surface area contributed by atoms with Crippen molar-refractivity contribution >= 4 is 23.2 Å². The molecule has 0 aliphatic rings. The van der Waals surface area contributed by atoms with E-state index in [4.69, 9.17) is 0 Å². The molecule has 0 aromatic heterocycles. The summed E-state index contributed by atoms with van der Waals surface area (Å²) in [4.78, 5) is 29.2. The van der Waals surface area contributed by atoms with Crippen LogP contribution in [0.2, 0.25) is 0 Å². The molecule has 6 heteroatoms. The second kappa shape index (κ2) is 9.42. The number of hydrogen-bond donors (Lipinski definition) is 2. The number of amides is 2. The van der Waals surface area contributed by atoms with Crippen LogP contribution in [0.15, 0.2) is 18.2 Å². The van der Waals surface area contributed by atoms with Crippen LogP contribution in [0.1, 0.15) is 26.3 Å². The lowest BCUT2D eigenvalue weighted by atomic mass is 10.1. The topological polar surface area (TPSA) is 57.1 Å². The summed E-state index contributed by atoms with van der Waals surface area (Å²) in [5.41, 5.74) is 2.84. The van der Waals surface area contributed by atoms with Gasteiger partial charge >= 0.3 is 0 Å². The lowest BCUT2D eigenvalue weighted by molar-refractivity contribution is -0.857. The maximum atomic E-state index is 12.0. The molecule has 0 heterocycles. The van der Waals surface area contributed by atoms with Crippen molar-refractivity contribution in [3.05, 3.63) is 23.8 Å². The summed E-state index contributed by atoms with van der Waals surface area (Å²) in [6.45, 7) is 7.46. The Morgan fingerprint density at radius 3 is 2.32 bits per heavy atom. The number of hydrogen-bond acceptors (Lipinski definition) is 3. The Morgan fingerprint density at radius 1 is 1.20 bits per heavy atom. The van der Waals surface area contributed by atoms with Crippen molar-refractivity contribution in [2.24, 2.45) is 5.92 Å². The molecule has 0 saturated heterocycles. The molecule has 0 aliphatic heterocycles. The second-order valence-electron chi connectivity index (χ2n) is 7.28. The number of likely N-dealkylation sites (N-methyl/N-ethyl adjacent to an activating group) is 1. The molecule has 0 radical (unpaired) electrons. The van der Waals surface area contributed by atoms with Crippen molar-refractivity contribution in [2.75, 3.05) is 51.5 Å². The molecule has 1 aromatic rings. The van der Waals surface area contributed by atoms with Crippen LogP contribution < -0.4 is 15.1 Å². The highest BCUT2D eigenvalue weighted by Gasteiger charge is 2.16. The maximum Gasteiger partial charge on any atom is 0.226 e. The number of benzene rings is 1. The second-order valence-corrected chi connectivity index (χ2v) is 7.28. The molecule has 0 atom stereocenters. The zero-order valence-electron chi connectivity index (χ0n) is 16.6. The monoisotopic (exact) mass is 349 g/mol. The van der Waals surface area contributed by atoms with Crippen molar-refractivity contribution in [3.63, 3.8) is 0 Å². The fraction of sp³-hybridized carbons (Fsp3) is 0.579. The minimum Gasteiger partial charge on any atom is -0.377 e. The Balaban J connectivity index is 3.07. The van der Waals surface area contributed by atoms with Gasteiger partial charge in [0.2, 0.25) is 11.8 Å². The summed E-state index contributed by atoms with van der Waals surface area (Å²) in [5.74, 6) is -0.0282. The Bertz CT molecular complexity index is 597. The zero-order valence-corrected chi connectivity index (χ0v) is 16.6. The van der Waals surface area contributed by atoms with Crippen LogP contribution in [-0.4, -0.2) is 58.0 Å². The summed E-state index contributed by atoms with van der Waals surface area (Å²) in [5, 5.41) is 2.94. The van der Waals surface area contributed by atoms with Crippen molar-refractivity contribution in [1.82, 2.24) is 4.90 Å². The normalized spacial score (nSPS) is 10.9. The van der Waals surface area contributed by atoms with Gasteiger partial charge in [-0.1, -0.05) is 13.8 Å². The molecule has 0 bridgehead atoms. The minimum absolute atomic E-state index is 0.0109. The highest BCUT2D eigenvalue weighted by Crippen LogP contribution is 2.25. The van der Waals surface area contributed by atoms with E-state index in [1.165, 1.54) is 4.90 Å². The molecule has 140 valence electrons. The molecule has 2 amide bonds. The van der Waals surface area contributed by atoms with Crippen molar-refractivity contribution < 1.29 is 14.5 Å². The highest BCUT2D eigenvalue weighted by atomic mass is 16.2. The van der Waals surface area contributed by atoms with Crippen LogP contribution in [0.25, 0.3) is 0 Å². The van der Waals surface area contributed by atoms with Gasteiger partial charge in [-0.2, -0.15) is 0 Å². The summed E-state index contributed by atoms with van der Waals surface area (Å²) >= 11 is 0. The first kappa shape index (κ1) is 21.0. The Hall–Kier alpha value is -2.08. The van der Waals surface area contributed by atoms with Gasteiger partial charge in [-0.3, -0.25) is 9.59 Å². The maximum absolute atomic E-state index is 12.0. The number of anilines is 2. The van der Waals surface area contributed by atoms with E-state index in [0.717, 1.165) is 23.5 Å². The molecule has 0 aliphatic carbocycles. The molecular weight excluding hydrogens is 316 g/mol. The number of carbonyl (C=O) groups is 2. The largest absolute Gasteiger partial charge is 0.377 e. The first-order chi connectivity index (χ1) is 11.6. The molecule has 0 fully saturated rings. The van der Waals surface area contributed by atoms with Gasteiger partial charge in [0.15, 0.2) is 0 Å². The van der Waals surface area contributed by atoms with E-state index >= 15 is 0 Å². The van der Waals surface area contributed by atoms with Crippen LogP contribution in [0.4, 0.5) is 11.4 Å². The Labute approximate surface area is 151 Å². The third-order valence-electron chi connectivity index (χ3n) is 4.04. The average molecular weight is 349 g/mol. The van der Waals surface area contributed by atoms with Gasteiger partial charge in [0.25, 0.3) is 0 Å². The number of carbonyl (C=O) groups excluding carboxylic acids is 2. The first-order valence-corrected chi connectivity index (χ1v) is 8.77. The van der Waals surface area contributed by atoms with Gasteiger partial charge < -0.3 is 20.0 Å². The summed E-state index contributed by atoms with van der Waals surface area (Å²) in [6.07, 6.45) is 0. The van der Waals surface area contributed by atoms with E-state index in [-0.39, 0.29) is 17.7 Å². The molecular formula is C19H33N4O2+. The number of nitrogens with one attached hydrogen (secondary N) is 2. The predicted molar refractivity (Wildman–Crippen MR) is 103 cm³/mol. The fourth-order valence-electron chi connectivity index (χ4n) is 2.42. The molecule has 6 nitrogen and oxygen atoms in total. The van der Waals surface area contributed by atoms with Gasteiger partial charge in [0, 0.05) is 44.9 Å². The van der Waals surface area contributed by atoms with Crippen LogP contribution in [0.5, 0.6) is 0 Å². The molecule has 0 unspecified atom stereocenters. The highest BCUT2D eigenvalue weighted by molar-refractivity contribution is 5.92. The molecule has 0 spiro atoms. The predicted octanol–water partition coefficient (Wildman–Crippen LogP) is 0.840. The van der Waals surface area contributed by atoms with Crippen molar-refractivity contribution in [3.8, 4) is 0 Å². The first-order valence-electron chi connectivity index (χ1n) is 8.77.